The number of halogens is 1. The predicted octanol–water partition coefficient (Wildman–Crippen LogP) is 3.90. The number of carbonyl (C=O) groups excluding carboxylic acids is 2. The highest BCUT2D eigenvalue weighted by molar-refractivity contribution is 6.30. The standard InChI is InChI=1S/C22H28ClN3O3/c1-3-12-26-18(15-25-13-6-5-7-14-25)19(21(27)29-4-2)20(24-22(26)28)16-8-10-17(23)11-9-16/h3,8-11,20H,1,4-7,12-15H2,2H3,(H,24,28)/t20-/m1/s1. The Morgan fingerprint density at radius 3 is 2.59 bits per heavy atom. The van der Waals surface area contributed by atoms with Gasteiger partial charge in [-0.3, -0.25) is 9.80 Å². The van der Waals surface area contributed by atoms with E-state index in [1.54, 1.807) is 30.0 Å². The molecule has 0 spiro atoms. The maximum atomic E-state index is 13.0. The van der Waals surface area contributed by atoms with E-state index < -0.39 is 12.0 Å². The number of likely N-dealkylation sites (tertiary alicyclic amines) is 1. The number of esters is 1. The number of nitrogens with zero attached hydrogens (tertiary/aromatic N) is 2. The Morgan fingerprint density at radius 1 is 1.28 bits per heavy atom. The summed E-state index contributed by atoms with van der Waals surface area (Å²) < 4.78 is 5.39. The fraction of sp³-hybridized carbons (Fsp3) is 0.455. The van der Waals surface area contributed by atoms with E-state index in [1.807, 2.05) is 12.1 Å². The quantitative estimate of drug-likeness (QED) is 0.540. The highest BCUT2D eigenvalue weighted by Crippen LogP contribution is 2.33. The van der Waals surface area contributed by atoms with Crippen molar-refractivity contribution in [2.75, 3.05) is 32.8 Å². The molecule has 0 saturated carbocycles. The number of piperidine rings is 1. The molecule has 2 aliphatic rings. The van der Waals surface area contributed by atoms with Gasteiger partial charge in [-0.1, -0.05) is 36.2 Å². The smallest absolute Gasteiger partial charge is 0.338 e. The molecule has 0 unspecified atom stereocenters. The van der Waals surface area contributed by atoms with Crippen molar-refractivity contribution in [2.45, 2.75) is 32.2 Å². The second kappa shape index (κ2) is 9.94. The van der Waals surface area contributed by atoms with Crippen LogP contribution < -0.4 is 5.32 Å². The number of amides is 2. The molecule has 29 heavy (non-hydrogen) atoms. The minimum Gasteiger partial charge on any atom is -0.463 e. The molecule has 1 atom stereocenters. The number of carbonyl (C=O) groups is 2. The van der Waals surface area contributed by atoms with E-state index in [-0.39, 0.29) is 12.6 Å². The minimum atomic E-state index is -0.584. The Labute approximate surface area is 177 Å². The zero-order valence-corrected chi connectivity index (χ0v) is 17.6. The molecular formula is C22H28ClN3O3. The molecule has 3 rings (SSSR count). The molecule has 1 N–H and O–H groups in total. The van der Waals surface area contributed by atoms with Crippen LogP contribution in [0.3, 0.4) is 0 Å². The maximum absolute atomic E-state index is 13.0. The molecule has 1 aromatic rings. The first-order valence-corrected chi connectivity index (χ1v) is 10.5. The Balaban J connectivity index is 2.08. The number of hydrogen-bond donors (Lipinski definition) is 1. The number of rotatable bonds is 7. The number of urea groups is 1. The summed E-state index contributed by atoms with van der Waals surface area (Å²) in [7, 11) is 0. The molecule has 6 nitrogen and oxygen atoms in total. The van der Waals surface area contributed by atoms with Gasteiger partial charge in [-0.25, -0.2) is 9.59 Å². The third kappa shape index (κ3) is 5.00. The second-order valence-corrected chi connectivity index (χ2v) is 7.69. The normalized spacial score (nSPS) is 20.4. The summed E-state index contributed by atoms with van der Waals surface area (Å²) in [5.74, 6) is -0.409. The summed E-state index contributed by atoms with van der Waals surface area (Å²) >= 11 is 6.03. The molecule has 156 valence electrons. The van der Waals surface area contributed by atoms with Gasteiger partial charge in [-0.05, 0) is 50.6 Å². The van der Waals surface area contributed by atoms with Crippen LogP contribution >= 0.6 is 11.6 Å². The molecule has 1 saturated heterocycles. The monoisotopic (exact) mass is 417 g/mol. The third-order valence-electron chi connectivity index (χ3n) is 5.27. The molecule has 0 aliphatic carbocycles. The largest absolute Gasteiger partial charge is 0.463 e. The van der Waals surface area contributed by atoms with Crippen LogP contribution in [-0.4, -0.2) is 54.6 Å². The number of nitrogens with one attached hydrogen (secondary N) is 1. The lowest BCUT2D eigenvalue weighted by Crippen LogP contribution is -2.51. The number of hydrogen-bond acceptors (Lipinski definition) is 4. The van der Waals surface area contributed by atoms with Crippen LogP contribution in [0.5, 0.6) is 0 Å². The molecular weight excluding hydrogens is 390 g/mol. The van der Waals surface area contributed by atoms with Crippen LogP contribution in [0.2, 0.25) is 5.02 Å². The summed E-state index contributed by atoms with van der Waals surface area (Å²) in [5.41, 5.74) is 1.95. The predicted molar refractivity (Wildman–Crippen MR) is 114 cm³/mol. The van der Waals surface area contributed by atoms with Crippen LogP contribution in [0.1, 0.15) is 37.8 Å². The van der Waals surface area contributed by atoms with E-state index in [2.05, 4.69) is 16.8 Å². The summed E-state index contributed by atoms with van der Waals surface area (Å²) in [6, 6.07) is 6.34. The van der Waals surface area contributed by atoms with Crippen molar-refractivity contribution >= 4 is 23.6 Å². The van der Waals surface area contributed by atoms with Crippen molar-refractivity contribution in [1.82, 2.24) is 15.1 Å². The van der Waals surface area contributed by atoms with Gasteiger partial charge < -0.3 is 10.1 Å². The topological polar surface area (TPSA) is 61.9 Å². The zero-order chi connectivity index (χ0) is 20.8. The van der Waals surface area contributed by atoms with Gasteiger partial charge in [0.15, 0.2) is 0 Å². The molecule has 0 radical (unpaired) electrons. The molecule has 2 aliphatic heterocycles. The van der Waals surface area contributed by atoms with Gasteiger partial charge in [0.1, 0.15) is 0 Å². The molecule has 1 aromatic carbocycles. The van der Waals surface area contributed by atoms with Crippen LogP contribution in [0.25, 0.3) is 0 Å². The van der Waals surface area contributed by atoms with Gasteiger partial charge in [-0.15, -0.1) is 6.58 Å². The van der Waals surface area contributed by atoms with Gasteiger partial charge in [-0.2, -0.15) is 0 Å². The fourth-order valence-corrected chi connectivity index (χ4v) is 4.01. The average molecular weight is 418 g/mol. The van der Waals surface area contributed by atoms with E-state index in [4.69, 9.17) is 16.3 Å². The molecule has 0 bridgehead atoms. The van der Waals surface area contributed by atoms with Crippen LogP contribution in [0.4, 0.5) is 4.79 Å². The lowest BCUT2D eigenvalue weighted by molar-refractivity contribution is -0.139. The van der Waals surface area contributed by atoms with E-state index in [9.17, 15) is 9.59 Å². The Morgan fingerprint density at radius 2 is 1.97 bits per heavy atom. The first-order valence-electron chi connectivity index (χ1n) is 10.1. The van der Waals surface area contributed by atoms with Gasteiger partial charge in [0.2, 0.25) is 0 Å². The van der Waals surface area contributed by atoms with Gasteiger partial charge >= 0.3 is 12.0 Å². The van der Waals surface area contributed by atoms with Crippen molar-refractivity contribution in [3.63, 3.8) is 0 Å². The van der Waals surface area contributed by atoms with Gasteiger partial charge in [0, 0.05) is 23.8 Å². The summed E-state index contributed by atoms with van der Waals surface area (Å²) in [4.78, 5) is 29.9. The zero-order valence-electron chi connectivity index (χ0n) is 16.8. The molecule has 0 aromatic heterocycles. The minimum absolute atomic E-state index is 0.245. The molecule has 2 amide bonds. The average Bonchev–Trinajstić information content (AvgIpc) is 2.72. The third-order valence-corrected chi connectivity index (χ3v) is 5.52. The lowest BCUT2D eigenvalue weighted by Gasteiger charge is -2.39. The summed E-state index contributed by atoms with van der Waals surface area (Å²) in [6.07, 6.45) is 5.12. The second-order valence-electron chi connectivity index (χ2n) is 7.25. The van der Waals surface area contributed by atoms with Crippen molar-refractivity contribution in [2.24, 2.45) is 0 Å². The SMILES string of the molecule is C=CCN1C(=O)N[C@H](c2ccc(Cl)cc2)C(C(=O)OCC)=C1CN1CCCCC1. The van der Waals surface area contributed by atoms with Crippen LogP contribution in [0.15, 0.2) is 48.2 Å². The molecule has 1 fully saturated rings. The van der Waals surface area contributed by atoms with Crippen LogP contribution in [-0.2, 0) is 9.53 Å². The van der Waals surface area contributed by atoms with Crippen molar-refractivity contribution in [3.05, 3.63) is 58.8 Å². The van der Waals surface area contributed by atoms with E-state index in [0.29, 0.717) is 29.4 Å². The Bertz CT molecular complexity index is 785. The van der Waals surface area contributed by atoms with Gasteiger partial charge in [0.05, 0.1) is 18.2 Å². The van der Waals surface area contributed by atoms with Crippen molar-refractivity contribution < 1.29 is 14.3 Å². The van der Waals surface area contributed by atoms with Crippen molar-refractivity contribution in [3.8, 4) is 0 Å². The maximum Gasteiger partial charge on any atom is 0.338 e. The Kier molecular flexibility index (Phi) is 7.34. The molecule has 2 heterocycles. The van der Waals surface area contributed by atoms with Crippen molar-refractivity contribution in [1.29, 1.82) is 0 Å². The summed E-state index contributed by atoms with van der Waals surface area (Å²) in [5, 5.41) is 3.56. The van der Waals surface area contributed by atoms with Gasteiger partial charge in [0.25, 0.3) is 0 Å². The molecule has 7 heteroatoms. The first-order chi connectivity index (χ1) is 14.0. The van der Waals surface area contributed by atoms with E-state index in [0.717, 1.165) is 31.5 Å². The Hall–Kier alpha value is -2.31. The lowest BCUT2D eigenvalue weighted by atomic mass is 9.94. The van der Waals surface area contributed by atoms with E-state index >= 15 is 0 Å². The van der Waals surface area contributed by atoms with Crippen LogP contribution in [0, 0.1) is 0 Å². The highest BCUT2D eigenvalue weighted by Gasteiger charge is 2.38. The summed E-state index contributed by atoms with van der Waals surface area (Å²) in [6.45, 7) is 8.58. The van der Waals surface area contributed by atoms with E-state index in [1.165, 1.54) is 6.42 Å². The fourth-order valence-electron chi connectivity index (χ4n) is 3.88. The number of ether oxygens (including phenoxy) is 1. The first kappa shape index (κ1) is 21.4. The highest BCUT2D eigenvalue weighted by atomic mass is 35.5. The number of benzene rings is 1.